The fraction of sp³-hybridized carbons (Fsp3) is 0.154. The Morgan fingerprint density at radius 2 is 2.22 bits per heavy atom. The monoisotopic (exact) mass is 263 g/mol. The molecule has 3 N–H and O–H groups in total. The second-order valence-electron chi connectivity index (χ2n) is 3.83. The average Bonchev–Trinajstić information content (AvgIpc) is 2.89. The van der Waals surface area contributed by atoms with E-state index in [2.05, 4.69) is 5.32 Å². The minimum absolute atomic E-state index is 0.0426. The van der Waals surface area contributed by atoms with Gasteiger partial charge in [0.1, 0.15) is 5.75 Å². The molecule has 1 unspecified atom stereocenters. The Balaban J connectivity index is 1.92. The standard InChI is InChI=1S/C13H13NO3S/c15-11-3-1-2-9(6-11)13(17)14-7-12(16)10-4-5-18-8-10/h1-6,8,12,15-16H,7H2,(H,14,17). The molecule has 0 aliphatic heterocycles. The number of hydrogen-bond acceptors (Lipinski definition) is 4. The Morgan fingerprint density at radius 1 is 1.39 bits per heavy atom. The molecule has 4 nitrogen and oxygen atoms in total. The van der Waals surface area contributed by atoms with Crippen molar-refractivity contribution in [2.75, 3.05) is 6.54 Å². The lowest BCUT2D eigenvalue weighted by Crippen LogP contribution is -2.28. The molecular weight excluding hydrogens is 250 g/mol. The van der Waals surface area contributed by atoms with Crippen molar-refractivity contribution < 1.29 is 15.0 Å². The summed E-state index contributed by atoms with van der Waals surface area (Å²) < 4.78 is 0. The van der Waals surface area contributed by atoms with Crippen LogP contribution >= 0.6 is 11.3 Å². The van der Waals surface area contributed by atoms with Crippen molar-refractivity contribution in [2.24, 2.45) is 0 Å². The van der Waals surface area contributed by atoms with Crippen molar-refractivity contribution in [3.8, 4) is 5.75 Å². The van der Waals surface area contributed by atoms with Gasteiger partial charge in [-0.15, -0.1) is 0 Å². The number of aliphatic hydroxyl groups excluding tert-OH is 1. The number of carbonyl (C=O) groups excluding carboxylic acids is 1. The van der Waals surface area contributed by atoms with Gasteiger partial charge < -0.3 is 15.5 Å². The van der Waals surface area contributed by atoms with Gasteiger partial charge in [-0.25, -0.2) is 0 Å². The number of carbonyl (C=O) groups is 1. The first-order valence-corrected chi connectivity index (χ1v) is 6.38. The zero-order valence-electron chi connectivity index (χ0n) is 9.54. The van der Waals surface area contributed by atoms with Gasteiger partial charge in [-0.1, -0.05) is 6.07 Å². The summed E-state index contributed by atoms with van der Waals surface area (Å²) in [6.07, 6.45) is -0.711. The smallest absolute Gasteiger partial charge is 0.251 e. The molecule has 1 atom stereocenters. The highest BCUT2D eigenvalue weighted by Crippen LogP contribution is 2.15. The number of phenols is 1. The van der Waals surface area contributed by atoms with E-state index in [-0.39, 0.29) is 18.2 Å². The highest BCUT2D eigenvalue weighted by Gasteiger charge is 2.11. The minimum Gasteiger partial charge on any atom is -0.508 e. The van der Waals surface area contributed by atoms with E-state index >= 15 is 0 Å². The van der Waals surface area contributed by atoms with E-state index in [1.807, 2.05) is 16.8 Å². The number of benzene rings is 1. The van der Waals surface area contributed by atoms with Gasteiger partial charge in [-0.3, -0.25) is 4.79 Å². The van der Waals surface area contributed by atoms with Crippen LogP contribution in [0.1, 0.15) is 22.0 Å². The molecule has 5 heteroatoms. The van der Waals surface area contributed by atoms with Crippen molar-refractivity contribution in [3.05, 3.63) is 52.2 Å². The molecule has 1 heterocycles. The topological polar surface area (TPSA) is 69.6 Å². The van der Waals surface area contributed by atoms with E-state index in [4.69, 9.17) is 0 Å². The molecule has 0 spiro atoms. The number of aliphatic hydroxyl groups is 1. The summed E-state index contributed by atoms with van der Waals surface area (Å²) >= 11 is 1.49. The normalized spacial score (nSPS) is 12.1. The first kappa shape index (κ1) is 12.6. The zero-order valence-corrected chi connectivity index (χ0v) is 10.4. The lowest BCUT2D eigenvalue weighted by Gasteiger charge is -2.10. The molecule has 0 aliphatic carbocycles. The first-order valence-electron chi connectivity index (χ1n) is 5.44. The third-order valence-electron chi connectivity index (χ3n) is 2.49. The molecule has 94 valence electrons. The summed E-state index contributed by atoms with van der Waals surface area (Å²) in [5.74, 6) is -0.277. The van der Waals surface area contributed by atoms with Gasteiger partial charge in [0, 0.05) is 12.1 Å². The maximum absolute atomic E-state index is 11.7. The quantitative estimate of drug-likeness (QED) is 0.789. The molecule has 1 aromatic carbocycles. The molecule has 2 aromatic rings. The van der Waals surface area contributed by atoms with Gasteiger partial charge in [0.05, 0.1) is 6.10 Å². The molecule has 0 radical (unpaired) electrons. The minimum atomic E-state index is -0.711. The first-order chi connectivity index (χ1) is 8.66. The van der Waals surface area contributed by atoms with Crippen molar-refractivity contribution in [1.82, 2.24) is 5.32 Å². The number of nitrogens with one attached hydrogen (secondary N) is 1. The molecule has 0 bridgehead atoms. The second kappa shape index (κ2) is 5.66. The SMILES string of the molecule is O=C(NCC(O)c1ccsc1)c1cccc(O)c1. The number of hydrogen-bond donors (Lipinski definition) is 3. The predicted octanol–water partition coefficient (Wildman–Crippen LogP) is 1.92. The molecule has 0 saturated heterocycles. The number of thiophene rings is 1. The van der Waals surface area contributed by atoms with E-state index in [0.29, 0.717) is 5.56 Å². The summed E-state index contributed by atoms with van der Waals surface area (Å²) in [6.45, 7) is 0.144. The molecule has 2 rings (SSSR count). The van der Waals surface area contributed by atoms with E-state index in [9.17, 15) is 15.0 Å². The van der Waals surface area contributed by atoms with Crippen molar-refractivity contribution >= 4 is 17.2 Å². The number of rotatable bonds is 4. The highest BCUT2D eigenvalue weighted by atomic mass is 32.1. The van der Waals surface area contributed by atoms with Crippen LogP contribution in [0, 0.1) is 0 Å². The molecule has 1 aromatic heterocycles. The molecule has 18 heavy (non-hydrogen) atoms. The van der Waals surface area contributed by atoms with Gasteiger partial charge in [0.15, 0.2) is 0 Å². The average molecular weight is 263 g/mol. The maximum atomic E-state index is 11.7. The third kappa shape index (κ3) is 3.09. The van der Waals surface area contributed by atoms with Crippen LogP contribution in [0.5, 0.6) is 5.75 Å². The Morgan fingerprint density at radius 3 is 2.89 bits per heavy atom. The summed E-state index contributed by atoms with van der Waals surface area (Å²) in [5.41, 5.74) is 1.16. The van der Waals surface area contributed by atoms with E-state index in [1.54, 1.807) is 12.1 Å². The molecule has 0 aliphatic rings. The lowest BCUT2D eigenvalue weighted by molar-refractivity contribution is 0.0916. The molecule has 0 fully saturated rings. The van der Waals surface area contributed by atoms with Crippen LogP contribution in [0.3, 0.4) is 0 Å². The highest BCUT2D eigenvalue weighted by molar-refractivity contribution is 7.07. The van der Waals surface area contributed by atoms with Crippen LogP contribution in [-0.4, -0.2) is 22.7 Å². The molecular formula is C13H13NO3S. The Bertz CT molecular complexity index is 525. The summed E-state index contributed by atoms with van der Waals surface area (Å²) in [4.78, 5) is 11.7. The number of phenolic OH excluding ortho intramolecular Hbond substituents is 1. The van der Waals surface area contributed by atoms with Gasteiger partial charge >= 0.3 is 0 Å². The predicted molar refractivity (Wildman–Crippen MR) is 69.7 cm³/mol. The lowest BCUT2D eigenvalue weighted by atomic mass is 10.1. The van der Waals surface area contributed by atoms with Crippen LogP contribution in [0.2, 0.25) is 0 Å². The Hall–Kier alpha value is -1.85. The largest absolute Gasteiger partial charge is 0.508 e. The van der Waals surface area contributed by atoms with Crippen LogP contribution < -0.4 is 5.32 Å². The van der Waals surface area contributed by atoms with Gasteiger partial charge in [-0.05, 0) is 40.6 Å². The number of amides is 1. The van der Waals surface area contributed by atoms with Gasteiger partial charge in [0.2, 0.25) is 0 Å². The summed E-state index contributed by atoms with van der Waals surface area (Å²) in [5, 5.41) is 25.4. The van der Waals surface area contributed by atoms with Gasteiger partial charge in [0.25, 0.3) is 5.91 Å². The zero-order chi connectivity index (χ0) is 13.0. The van der Waals surface area contributed by atoms with Crippen molar-refractivity contribution in [1.29, 1.82) is 0 Å². The number of aromatic hydroxyl groups is 1. The molecule has 0 saturated carbocycles. The third-order valence-corrected chi connectivity index (χ3v) is 3.19. The van der Waals surface area contributed by atoms with Crippen LogP contribution in [0.25, 0.3) is 0 Å². The van der Waals surface area contributed by atoms with Crippen molar-refractivity contribution in [2.45, 2.75) is 6.10 Å². The molecule has 1 amide bonds. The van der Waals surface area contributed by atoms with Crippen LogP contribution in [0.15, 0.2) is 41.1 Å². The fourth-order valence-electron chi connectivity index (χ4n) is 1.52. The van der Waals surface area contributed by atoms with Gasteiger partial charge in [-0.2, -0.15) is 11.3 Å². The van der Waals surface area contributed by atoms with Crippen LogP contribution in [0.4, 0.5) is 0 Å². The second-order valence-corrected chi connectivity index (χ2v) is 4.61. The maximum Gasteiger partial charge on any atom is 0.251 e. The fourth-order valence-corrected chi connectivity index (χ4v) is 2.23. The summed E-state index contributed by atoms with van der Waals surface area (Å²) in [7, 11) is 0. The van der Waals surface area contributed by atoms with E-state index < -0.39 is 6.10 Å². The van der Waals surface area contributed by atoms with E-state index in [0.717, 1.165) is 5.56 Å². The van der Waals surface area contributed by atoms with Crippen molar-refractivity contribution in [3.63, 3.8) is 0 Å². The van der Waals surface area contributed by atoms with E-state index in [1.165, 1.54) is 23.5 Å². The Kier molecular flexibility index (Phi) is 3.96. The summed E-state index contributed by atoms with van der Waals surface area (Å²) in [6, 6.07) is 7.89. The Labute approximate surface area is 109 Å². The van der Waals surface area contributed by atoms with Crippen LogP contribution in [-0.2, 0) is 0 Å².